The first-order chi connectivity index (χ1) is 14.2. The van der Waals surface area contributed by atoms with Crippen molar-refractivity contribution in [2.75, 3.05) is 13.7 Å². The number of amides is 1. The number of ether oxygens (including phenoxy) is 1. The predicted octanol–water partition coefficient (Wildman–Crippen LogP) is 4.60. The van der Waals surface area contributed by atoms with Gasteiger partial charge < -0.3 is 8.92 Å². The van der Waals surface area contributed by atoms with Gasteiger partial charge in [-0.25, -0.2) is 0 Å². The normalized spacial score (nSPS) is 15.7. The van der Waals surface area contributed by atoms with Crippen LogP contribution in [0.5, 0.6) is 11.5 Å². The third-order valence-electron chi connectivity index (χ3n) is 4.24. The molecule has 3 rings (SSSR count). The molecule has 2 aromatic rings. The fraction of sp³-hybridized carbons (Fsp3) is 0.200. The maximum absolute atomic E-state index is 12.7. The lowest BCUT2D eigenvalue weighted by Gasteiger charge is -2.14. The van der Waals surface area contributed by atoms with E-state index in [1.54, 1.807) is 30.3 Å². The van der Waals surface area contributed by atoms with Gasteiger partial charge in [-0.05, 0) is 72.3 Å². The van der Waals surface area contributed by atoms with E-state index in [2.05, 4.69) is 0 Å². The van der Waals surface area contributed by atoms with Gasteiger partial charge in [0, 0.05) is 6.54 Å². The lowest BCUT2D eigenvalue weighted by molar-refractivity contribution is -0.121. The molecule has 10 heteroatoms. The van der Waals surface area contributed by atoms with E-state index in [0.717, 1.165) is 5.56 Å². The summed E-state index contributed by atoms with van der Waals surface area (Å²) in [5.74, 6) is 0.190. The van der Waals surface area contributed by atoms with E-state index in [1.165, 1.54) is 35.9 Å². The molecule has 0 N–H and O–H groups in total. The Kier molecular flexibility index (Phi) is 7.10. The van der Waals surface area contributed by atoms with Gasteiger partial charge >= 0.3 is 10.1 Å². The van der Waals surface area contributed by atoms with Crippen molar-refractivity contribution >= 4 is 73.0 Å². The summed E-state index contributed by atoms with van der Waals surface area (Å²) in [5, 5.41) is 0. The second-order valence-corrected chi connectivity index (χ2v) is 10.7. The summed E-state index contributed by atoms with van der Waals surface area (Å²) in [6.07, 6.45) is 1.71. The molecule has 0 aliphatic carbocycles. The van der Waals surface area contributed by atoms with Crippen LogP contribution in [-0.4, -0.2) is 37.2 Å². The molecule has 0 aromatic heterocycles. The number of hydrogen-bond acceptors (Lipinski definition) is 7. The zero-order valence-corrected chi connectivity index (χ0v) is 20.9. The number of hydrogen-bond donors (Lipinski definition) is 0. The van der Waals surface area contributed by atoms with Crippen LogP contribution >= 0.6 is 46.6 Å². The number of carbonyl (C=O) groups excluding carboxylic acids is 1. The highest BCUT2D eigenvalue weighted by atomic mass is 127. The average Bonchev–Trinajstić information content (AvgIpc) is 2.96. The van der Waals surface area contributed by atoms with Gasteiger partial charge in [0.25, 0.3) is 5.91 Å². The standard InChI is InChI=1S/C20H18INO5S3/c1-4-22-19(23)17(29-20(22)28)11-13-9-15(21)18(16(10-13)26-3)27-30(24,25)14-7-5-12(2)6-8-14/h5-11H,4H2,1-3H3/b17-11+. The molecule has 1 saturated heterocycles. The SMILES string of the molecule is CCN1C(=O)/C(=C\c2cc(I)c(OS(=O)(=O)c3ccc(C)cc3)c(OC)c2)SC1=S. The van der Waals surface area contributed by atoms with E-state index < -0.39 is 10.1 Å². The van der Waals surface area contributed by atoms with Crippen molar-refractivity contribution in [3.63, 3.8) is 0 Å². The van der Waals surface area contributed by atoms with Gasteiger partial charge in [0.05, 0.1) is 15.6 Å². The molecule has 2 aromatic carbocycles. The van der Waals surface area contributed by atoms with E-state index >= 15 is 0 Å². The van der Waals surface area contributed by atoms with Crippen molar-refractivity contribution < 1.29 is 22.1 Å². The molecule has 30 heavy (non-hydrogen) atoms. The summed E-state index contributed by atoms with van der Waals surface area (Å²) < 4.78 is 37.2. The Bertz CT molecular complexity index is 1140. The first kappa shape index (κ1) is 23.0. The maximum Gasteiger partial charge on any atom is 0.339 e. The topological polar surface area (TPSA) is 72.9 Å². The number of thiocarbonyl (C=S) groups is 1. The first-order valence-electron chi connectivity index (χ1n) is 8.80. The van der Waals surface area contributed by atoms with Crippen LogP contribution in [0.25, 0.3) is 6.08 Å². The average molecular weight is 575 g/mol. The van der Waals surface area contributed by atoms with Crippen molar-refractivity contribution in [1.82, 2.24) is 4.90 Å². The Balaban J connectivity index is 1.95. The smallest absolute Gasteiger partial charge is 0.339 e. The highest BCUT2D eigenvalue weighted by Crippen LogP contribution is 2.38. The lowest BCUT2D eigenvalue weighted by atomic mass is 10.2. The van der Waals surface area contributed by atoms with Crippen LogP contribution in [0.3, 0.4) is 0 Å². The molecule has 1 aliphatic heterocycles. The Labute approximate surface area is 198 Å². The minimum absolute atomic E-state index is 0.0540. The van der Waals surface area contributed by atoms with E-state index in [4.69, 9.17) is 21.1 Å². The van der Waals surface area contributed by atoms with E-state index in [-0.39, 0.29) is 22.3 Å². The number of benzene rings is 2. The Morgan fingerprint density at radius 2 is 1.90 bits per heavy atom. The Morgan fingerprint density at radius 1 is 1.23 bits per heavy atom. The van der Waals surface area contributed by atoms with Crippen molar-refractivity contribution in [3.8, 4) is 11.5 Å². The van der Waals surface area contributed by atoms with Crippen LogP contribution in [0.4, 0.5) is 0 Å². The van der Waals surface area contributed by atoms with Crippen LogP contribution in [0.1, 0.15) is 18.1 Å². The van der Waals surface area contributed by atoms with Crippen molar-refractivity contribution in [1.29, 1.82) is 0 Å². The van der Waals surface area contributed by atoms with Crippen LogP contribution in [0.15, 0.2) is 46.2 Å². The fourth-order valence-corrected chi connectivity index (χ4v) is 5.92. The Hall–Kier alpha value is -1.63. The molecule has 0 saturated carbocycles. The van der Waals surface area contributed by atoms with Crippen LogP contribution in [0.2, 0.25) is 0 Å². The van der Waals surface area contributed by atoms with Gasteiger partial charge in [-0.3, -0.25) is 9.69 Å². The molecule has 0 atom stereocenters. The molecule has 0 bridgehead atoms. The minimum atomic E-state index is -4.03. The molecular weight excluding hydrogens is 557 g/mol. The number of rotatable bonds is 6. The van der Waals surface area contributed by atoms with Crippen molar-refractivity contribution in [3.05, 3.63) is 56.0 Å². The van der Waals surface area contributed by atoms with Gasteiger partial charge in [-0.2, -0.15) is 8.42 Å². The predicted molar refractivity (Wildman–Crippen MR) is 130 cm³/mol. The number of nitrogens with zero attached hydrogens (tertiary/aromatic N) is 1. The molecule has 0 unspecified atom stereocenters. The third-order valence-corrected chi connectivity index (χ3v) is 7.66. The van der Waals surface area contributed by atoms with Crippen LogP contribution in [-0.2, 0) is 14.9 Å². The highest BCUT2D eigenvalue weighted by Gasteiger charge is 2.31. The number of thioether (sulfide) groups is 1. The molecule has 158 valence electrons. The maximum atomic E-state index is 12.7. The van der Waals surface area contributed by atoms with Gasteiger partial charge in [-0.1, -0.05) is 41.7 Å². The molecule has 0 spiro atoms. The number of methoxy groups -OCH3 is 1. The summed E-state index contributed by atoms with van der Waals surface area (Å²) in [7, 11) is -2.60. The fourth-order valence-electron chi connectivity index (χ4n) is 2.69. The molecule has 0 radical (unpaired) electrons. The van der Waals surface area contributed by atoms with Crippen molar-refractivity contribution in [2.24, 2.45) is 0 Å². The number of likely N-dealkylation sites (N-methyl/N-ethyl adjacent to an activating group) is 1. The lowest BCUT2D eigenvalue weighted by Crippen LogP contribution is -2.27. The van der Waals surface area contributed by atoms with E-state index in [1.807, 2.05) is 36.4 Å². The quantitative estimate of drug-likeness (QED) is 0.216. The van der Waals surface area contributed by atoms with E-state index in [9.17, 15) is 13.2 Å². The molecule has 1 amide bonds. The summed E-state index contributed by atoms with van der Waals surface area (Å²) in [6.45, 7) is 4.24. The van der Waals surface area contributed by atoms with E-state index in [0.29, 0.717) is 24.9 Å². The summed E-state index contributed by atoms with van der Waals surface area (Å²) in [5.41, 5.74) is 1.62. The summed E-state index contributed by atoms with van der Waals surface area (Å²) >= 11 is 8.45. The molecule has 6 nitrogen and oxygen atoms in total. The van der Waals surface area contributed by atoms with Crippen molar-refractivity contribution in [2.45, 2.75) is 18.7 Å². The van der Waals surface area contributed by atoms with Gasteiger partial charge in [0.15, 0.2) is 11.5 Å². The minimum Gasteiger partial charge on any atom is -0.493 e. The molecular formula is C20H18INO5S3. The molecule has 1 aliphatic rings. The zero-order chi connectivity index (χ0) is 22.1. The second-order valence-electron chi connectivity index (χ2n) is 6.31. The monoisotopic (exact) mass is 575 g/mol. The molecule has 1 heterocycles. The largest absolute Gasteiger partial charge is 0.493 e. The highest BCUT2D eigenvalue weighted by molar-refractivity contribution is 14.1. The van der Waals surface area contributed by atoms with Gasteiger partial charge in [0.1, 0.15) is 9.22 Å². The molecule has 1 fully saturated rings. The number of halogens is 1. The second kappa shape index (κ2) is 9.25. The Morgan fingerprint density at radius 3 is 2.47 bits per heavy atom. The number of carbonyl (C=O) groups is 1. The van der Waals surface area contributed by atoms with Gasteiger partial charge in [0.2, 0.25) is 0 Å². The van der Waals surface area contributed by atoms with Crippen LogP contribution in [0, 0.1) is 10.5 Å². The zero-order valence-electron chi connectivity index (χ0n) is 16.3. The van der Waals surface area contributed by atoms with Gasteiger partial charge in [-0.15, -0.1) is 0 Å². The number of aryl methyl sites for hydroxylation is 1. The third kappa shape index (κ3) is 4.82. The van der Waals surface area contributed by atoms with Crippen LogP contribution < -0.4 is 8.92 Å². The summed E-state index contributed by atoms with van der Waals surface area (Å²) in [4.78, 5) is 14.5. The summed E-state index contributed by atoms with van der Waals surface area (Å²) in [6, 6.07) is 9.74. The first-order valence-corrected chi connectivity index (χ1v) is 12.5.